The predicted octanol–water partition coefficient (Wildman–Crippen LogP) is 4.24. The first-order valence-electron chi connectivity index (χ1n) is 9.85. The lowest BCUT2D eigenvalue weighted by Gasteiger charge is -2.11. The molecule has 0 spiro atoms. The Kier molecular flexibility index (Phi) is 5.73. The van der Waals surface area contributed by atoms with Crippen LogP contribution in [0, 0.1) is 6.92 Å². The number of anilines is 1. The smallest absolute Gasteiger partial charge is 0.335 e. The fourth-order valence-electron chi connectivity index (χ4n) is 3.34. The zero-order valence-electron chi connectivity index (χ0n) is 17.8. The summed E-state index contributed by atoms with van der Waals surface area (Å²) in [5.41, 5.74) is 8.22. The number of ether oxygens (including phenoxy) is 1. The monoisotopic (exact) mass is 444 g/mol. The van der Waals surface area contributed by atoms with E-state index in [1.807, 2.05) is 0 Å². The molecule has 2 heterocycles. The molecule has 0 saturated heterocycles. The van der Waals surface area contributed by atoms with Crippen molar-refractivity contribution >= 4 is 23.2 Å². The van der Waals surface area contributed by atoms with Gasteiger partial charge in [-0.25, -0.2) is 14.5 Å². The van der Waals surface area contributed by atoms with Crippen molar-refractivity contribution in [3.05, 3.63) is 82.4 Å². The summed E-state index contributed by atoms with van der Waals surface area (Å²) >= 11 is 0. The molecule has 10 heteroatoms. The van der Waals surface area contributed by atoms with Gasteiger partial charge in [-0.2, -0.15) is 0 Å². The van der Waals surface area contributed by atoms with Gasteiger partial charge >= 0.3 is 5.97 Å². The average Bonchev–Trinajstić information content (AvgIpc) is 3.11. The molecule has 166 valence electrons. The SMILES string of the molecule is COc1c(N=Nc2c(C)[nH]n(-c3ccc(N)nc3)c2=O)cccc1-c1cccc(C(=O)O)c1. The maximum absolute atomic E-state index is 12.9. The van der Waals surface area contributed by atoms with E-state index in [4.69, 9.17) is 10.5 Å². The van der Waals surface area contributed by atoms with Crippen LogP contribution in [0.15, 0.2) is 75.8 Å². The molecule has 0 saturated carbocycles. The van der Waals surface area contributed by atoms with Gasteiger partial charge in [0.05, 0.1) is 30.3 Å². The number of benzene rings is 2. The Morgan fingerprint density at radius 2 is 1.94 bits per heavy atom. The summed E-state index contributed by atoms with van der Waals surface area (Å²) in [7, 11) is 1.49. The second kappa shape index (κ2) is 8.79. The third-order valence-electron chi connectivity index (χ3n) is 4.95. The molecule has 4 aromatic rings. The Labute approximate surface area is 188 Å². The van der Waals surface area contributed by atoms with Gasteiger partial charge in [-0.1, -0.05) is 24.3 Å². The molecule has 2 aromatic heterocycles. The molecule has 0 unspecified atom stereocenters. The van der Waals surface area contributed by atoms with E-state index in [-0.39, 0.29) is 11.3 Å². The number of pyridine rings is 1. The first-order chi connectivity index (χ1) is 15.9. The number of methoxy groups -OCH3 is 1. The maximum atomic E-state index is 12.9. The zero-order chi connectivity index (χ0) is 23.5. The quantitative estimate of drug-likeness (QED) is 0.379. The van der Waals surface area contributed by atoms with Crippen molar-refractivity contribution in [3.8, 4) is 22.6 Å². The summed E-state index contributed by atoms with van der Waals surface area (Å²) in [4.78, 5) is 28.2. The number of nitrogen functional groups attached to an aromatic ring is 1. The molecule has 2 aromatic carbocycles. The highest BCUT2D eigenvalue weighted by Crippen LogP contribution is 2.39. The topological polar surface area (TPSA) is 148 Å². The summed E-state index contributed by atoms with van der Waals surface area (Å²) < 4.78 is 6.86. The molecule has 33 heavy (non-hydrogen) atoms. The Morgan fingerprint density at radius 1 is 1.15 bits per heavy atom. The third-order valence-corrected chi connectivity index (χ3v) is 4.95. The molecular formula is C23H20N6O4. The van der Waals surface area contributed by atoms with Crippen LogP contribution in [0.3, 0.4) is 0 Å². The molecule has 0 amide bonds. The summed E-state index contributed by atoms with van der Waals surface area (Å²) in [6.45, 7) is 1.71. The summed E-state index contributed by atoms with van der Waals surface area (Å²) in [5, 5.41) is 20.7. The number of aromatic carboxylic acids is 1. The van der Waals surface area contributed by atoms with Gasteiger partial charge < -0.3 is 15.6 Å². The standard InChI is InChI=1S/C23H20N6O4/c1-13-20(22(30)29(28-13)16-9-10-19(24)25-12-16)27-26-18-8-4-7-17(21(18)33-2)14-5-3-6-15(11-14)23(31)32/h3-12,28H,1-2H3,(H2,24,25)(H,31,32). The number of aryl methyl sites for hydroxylation is 1. The van der Waals surface area contributed by atoms with E-state index in [0.29, 0.717) is 39.8 Å². The number of nitrogens with one attached hydrogen (secondary N) is 1. The van der Waals surface area contributed by atoms with E-state index in [2.05, 4.69) is 20.3 Å². The Bertz CT molecular complexity index is 1420. The van der Waals surface area contributed by atoms with E-state index < -0.39 is 11.5 Å². The molecule has 0 aliphatic heterocycles. The lowest BCUT2D eigenvalue weighted by Crippen LogP contribution is -2.14. The van der Waals surface area contributed by atoms with Crippen LogP contribution in [-0.4, -0.2) is 33.0 Å². The molecule has 0 aliphatic rings. The van der Waals surface area contributed by atoms with Crippen molar-refractivity contribution in [2.24, 2.45) is 10.2 Å². The second-order valence-electron chi connectivity index (χ2n) is 7.11. The average molecular weight is 444 g/mol. The molecule has 4 rings (SSSR count). The lowest BCUT2D eigenvalue weighted by atomic mass is 10.0. The first-order valence-corrected chi connectivity index (χ1v) is 9.85. The predicted molar refractivity (Wildman–Crippen MR) is 123 cm³/mol. The van der Waals surface area contributed by atoms with E-state index >= 15 is 0 Å². The highest BCUT2D eigenvalue weighted by molar-refractivity contribution is 5.90. The Morgan fingerprint density at radius 3 is 2.64 bits per heavy atom. The van der Waals surface area contributed by atoms with Crippen LogP contribution >= 0.6 is 0 Å². The Balaban J connectivity index is 1.73. The fourth-order valence-corrected chi connectivity index (χ4v) is 3.34. The normalized spacial score (nSPS) is 11.1. The van der Waals surface area contributed by atoms with E-state index in [1.165, 1.54) is 24.1 Å². The number of carboxylic acids is 1. The molecule has 0 atom stereocenters. The van der Waals surface area contributed by atoms with E-state index in [0.717, 1.165) is 0 Å². The fraction of sp³-hybridized carbons (Fsp3) is 0.0870. The van der Waals surface area contributed by atoms with Crippen LogP contribution in [0.1, 0.15) is 16.1 Å². The number of azo groups is 1. The minimum atomic E-state index is -1.03. The summed E-state index contributed by atoms with van der Waals surface area (Å²) in [5.74, 6) is -0.280. The van der Waals surface area contributed by atoms with Gasteiger partial charge in [0, 0.05) is 5.56 Å². The number of rotatable bonds is 6. The van der Waals surface area contributed by atoms with E-state index in [1.54, 1.807) is 55.5 Å². The number of nitrogens with zero attached hydrogens (tertiary/aromatic N) is 4. The van der Waals surface area contributed by atoms with Gasteiger partial charge in [0.2, 0.25) is 0 Å². The number of nitrogens with two attached hydrogens (primary N) is 1. The highest BCUT2D eigenvalue weighted by Gasteiger charge is 2.15. The van der Waals surface area contributed by atoms with Gasteiger partial charge in [0.25, 0.3) is 5.56 Å². The van der Waals surface area contributed by atoms with Gasteiger partial charge in [0.1, 0.15) is 11.5 Å². The number of hydrogen-bond donors (Lipinski definition) is 3. The number of aromatic nitrogens is 3. The maximum Gasteiger partial charge on any atom is 0.335 e. The molecule has 0 radical (unpaired) electrons. The van der Waals surface area contributed by atoms with Crippen molar-refractivity contribution in [1.29, 1.82) is 0 Å². The van der Waals surface area contributed by atoms with Gasteiger partial charge in [-0.3, -0.25) is 9.89 Å². The number of H-pyrrole nitrogens is 1. The van der Waals surface area contributed by atoms with Gasteiger partial charge in [0.15, 0.2) is 11.4 Å². The van der Waals surface area contributed by atoms with Crippen molar-refractivity contribution in [2.75, 3.05) is 12.8 Å². The van der Waals surface area contributed by atoms with E-state index in [9.17, 15) is 14.7 Å². The molecule has 4 N–H and O–H groups in total. The number of carbonyl (C=O) groups is 1. The van der Waals surface area contributed by atoms with Crippen LogP contribution in [0.5, 0.6) is 5.75 Å². The number of hydrogen-bond acceptors (Lipinski definition) is 7. The zero-order valence-corrected chi connectivity index (χ0v) is 17.8. The van der Waals surface area contributed by atoms with Crippen molar-refractivity contribution in [3.63, 3.8) is 0 Å². The number of aromatic amines is 1. The van der Waals surface area contributed by atoms with Crippen LogP contribution in [-0.2, 0) is 0 Å². The Hall–Kier alpha value is -4.73. The summed E-state index contributed by atoms with van der Waals surface area (Å²) in [6.07, 6.45) is 1.48. The lowest BCUT2D eigenvalue weighted by molar-refractivity contribution is 0.0697. The van der Waals surface area contributed by atoms with Crippen LogP contribution < -0.4 is 16.0 Å². The van der Waals surface area contributed by atoms with Crippen LogP contribution in [0.4, 0.5) is 17.2 Å². The number of para-hydroxylation sites is 1. The van der Waals surface area contributed by atoms with Gasteiger partial charge in [-0.15, -0.1) is 10.2 Å². The van der Waals surface area contributed by atoms with Crippen molar-refractivity contribution < 1.29 is 14.6 Å². The minimum Gasteiger partial charge on any atom is -0.494 e. The molecule has 10 nitrogen and oxygen atoms in total. The van der Waals surface area contributed by atoms with Crippen LogP contribution in [0.2, 0.25) is 0 Å². The molecular weight excluding hydrogens is 424 g/mol. The largest absolute Gasteiger partial charge is 0.494 e. The second-order valence-corrected chi connectivity index (χ2v) is 7.11. The van der Waals surface area contributed by atoms with Gasteiger partial charge in [-0.05, 0) is 42.8 Å². The molecule has 0 bridgehead atoms. The van der Waals surface area contributed by atoms with Crippen molar-refractivity contribution in [1.82, 2.24) is 14.8 Å². The third kappa shape index (κ3) is 4.22. The molecule has 0 fully saturated rings. The first kappa shape index (κ1) is 21.5. The van der Waals surface area contributed by atoms with Crippen molar-refractivity contribution in [2.45, 2.75) is 6.92 Å². The molecule has 0 aliphatic carbocycles. The highest BCUT2D eigenvalue weighted by atomic mass is 16.5. The minimum absolute atomic E-state index is 0.132. The van der Waals surface area contributed by atoms with Crippen LogP contribution in [0.25, 0.3) is 16.8 Å². The summed E-state index contributed by atoms with van der Waals surface area (Å²) in [6, 6.07) is 15.0. The number of carboxylic acid groups (broad SMARTS) is 1.